The maximum Gasteiger partial charge on any atom is 0.419 e. The van der Waals surface area contributed by atoms with Crippen LogP contribution >= 0.6 is 0 Å². The quantitative estimate of drug-likeness (QED) is 0.827. The summed E-state index contributed by atoms with van der Waals surface area (Å²) in [4.78, 5) is 3.76. The minimum Gasteiger partial charge on any atom is -0.369 e. The molecule has 0 atom stereocenters. The standard InChI is InChI=1S/C13H16F3N3/c14-13(15,16)11-2-1-6-18-12(11)19-9-5-10-3-7-17-8-4-10/h1-3,6,17H,4-5,7-9H2,(H,18,19). The monoisotopic (exact) mass is 271 g/mol. The molecule has 0 amide bonds. The Bertz CT molecular complexity index is 455. The van der Waals surface area contributed by atoms with Crippen molar-refractivity contribution in [1.29, 1.82) is 0 Å². The third-order valence-electron chi connectivity index (χ3n) is 3.01. The van der Waals surface area contributed by atoms with Gasteiger partial charge in [0.05, 0.1) is 5.56 Å². The molecule has 0 saturated carbocycles. The highest BCUT2D eigenvalue weighted by atomic mass is 19.4. The molecule has 2 heterocycles. The smallest absolute Gasteiger partial charge is 0.369 e. The normalized spacial score (nSPS) is 16.1. The van der Waals surface area contributed by atoms with E-state index in [9.17, 15) is 13.2 Å². The van der Waals surface area contributed by atoms with Crippen LogP contribution in [0.4, 0.5) is 19.0 Å². The van der Waals surface area contributed by atoms with Crippen LogP contribution in [-0.2, 0) is 6.18 Å². The highest BCUT2D eigenvalue weighted by Gasteiger charge is 2.33. The van der Waals surface area contributed by atoms with E-state index < -0.39 is 11.7 Å². The molecule has 2 N–H and O–H groups in total. The maximum atomic E-state index is 12.7. The van der Waals surface area contributed by atoms with Crippen molar-refractivity contribution in [2.45, 2.75) is 19.0 Å². The summed E-state index contributed by atoms with van der Waals surface area (Å²) < 4.78 is 38.2. The summed E-state index contributed by atoms with van der Waals surface area (Å²) in [6.07, 6.45) is 0.784. The highest BCUT2D eigenvalue weighted by molar-refractivity contribution is 5.45. The number of hydrogen-bond donors (Lipinski definition) is 2. The van der Waals surface area contributed by atoms with E-state index in [0.29, 0.717) is 6.54 Å². The molecule has 0 unspecified atom stereocenters. The predicted molar refractivity (Wildman–Crippen MR) is 67.9 cm³/mol. The van der Waals surface area contributed by atoms with E-state index in [2.05, 4.69) is 21.7 Å². The first kappa shape index (κ1) is 13.9. The second-order valence-corrected chi connectivity index (χ2v) is 4.39. The van der Waals surface area contributed by atoms with Crippen LogP contribution in [0.2, 0.25) is 0 Å². The lowest BCUT2D eigenvalue weighted by atomic mass is 10.1. The van der Waals surface area contributed by atoms with Crippen LogP contribution in [0, 0.1) is 0 Å². The number of alkyl halides is 3. The van der Waals surface area contributed by atoms with Crippen LogP contribution in [0.1, 0.15) is 18.4 Å². The molecule has 0 aliphatic carbocycles. The van der Waals surface area contributed by atoms with Gasteiger partial charge in [-0.3, -0.25) is 0 Å². The number of rotatable bonds is 4. The van der Waals surface area contributed by atoms with E-state index in [1.807, 2.05) is 0 Å². The SMILES string of the molecule is FC(F)(F)c1cccnc1NCCC1=CCNCC1. The van der Waals surface area contributed by atoms with Crippen molar-refractivity contribution in [3.8, 4) is 0 Å². The number of aromatic nitrogens is 1. The molecule has 1 aliphatic heterocycles. The fourth-order valence-corrected chi connectivity index (χ4v) is 2.01. The van der Waals surface area contributed by atoms with Gasteiger partial charge in [0.15, 0.2) is 0 Å². The summed E-state index contributed by atoms with van der Waals surface area (Å²) >= 11 is 0. The zero-order chi connectivity index (χ0) is 13.7. The lowest BCUT2D eigenvalue weighted by Gasteiger charge is -2.16. The van der Waals surface area contributed by atoms with E-state index >= 15 is 0 Å². The second-order valence-electron chi connectivity index (χ2n) is 4.39. The minimum absolute atomic E-state index is 0.0930. The largest absolute Gasteiger partial charge is 0.419 e. The average Bonchev–Trinajstić information content (AvgIpc) is 2.39. The molecular formula is C13H16F3N3. The molecule has 0 radical (unpaired) electrons. The summed E-state index contributed by atoms with van der Waals surface area (Å²) in [5.41, 5.74) is 0.560. The Kier molecular flexibility index (Phi) is 4.42. The Morgan fingerprint density at radius 3 is 2.89 bits per heavy atom. The zero-order valence-electron chi connectivity index (χ0n) is 10.4. The maximum absolute atomic E-state index is 12.7. The Hall–Kier alpha value is -1.56. The van der Waals surface area contributed by atoms with Gasteiger partial charge in [0.25, 0.3) is 0 Å². The topological polar surface area (TPSA) is 37.0 Å². The molecule has 0 saturated heterocycles. The van der Waals surface area contributed by atoms with Crippen molar-refractivity contribution >= 4 is 5.82 Å². The molecule has 1 aliphatic rings. The Morgan fingerprint density at radius 2 is 2.21 bits per heavy atom. The molecule has 0 aromatic carbocycles. The van der Waals surface area contributed by atoms with Gasteiger partial charge in [0, 0.05) is 19.3 Å². The van der Waals surface area contributed by atoms with Crippen molar-refractivity contribution in [1.82, 2.24) is 10.3 Å². The number of nitrogens with zero attached hydrogens (tertiary/aromatic N) is 1. The van der Waals surface area contributed by atoms with Crippen LogP contribution in [0.5, 0.6) is 0 Å². The Balaban J connectivity index is 1.94. The van der Waals surface area contributed by atoms with Gasteiger partial charge in [-0.15, -0.1) is 0 Å². The second kappa shape index (κ2) is 6.06. The molecular weight excluding hydrogens is 255 g/mol. The van der Waals surface area contributed by atoms with E-state index in [1.165, 1.54) is 17.8 Å². The van der Waals surface area contributed by atoms with Crippen LogP contribution < -0.4 is 10.6 Å². The fraction of sp³-hybridized carbons (Fsp3) is 0.462. The fourth-order valence-electron chi connectivity index (χ4n) is 2.01. The van der Waals surface area contributed by atoms with Crippen molar-refractivity contribution in [2.75, 3.05) is 25.0 Å². The van der Waals surface area contributed by atoms with Gasteiger partial charge in [-0.1, -0.05) is 11.6 Å². The van der Waals surface area contributed by atoms with Gasteiger partial charge in [-0.25, -0.2) is 4.98 Å². The third-order valence-corrected chi connectivity index (χ3v) is 3.01. The van der Waals surface area contributed by atoms with Crippen LogP contribution in [0.3, 0.4) is 0 Å². The summed E-state index contributed by atoms with van der Waals surface area (Å²) in [6.45, 7) is 2.24. The first-order valence-corrected chi connectivity index (χ1v) is 6.22. The number of hydrogen-bond acceptors (Lipinski definition) is 3. The van der Waals surface area contributed by atoms with Crippen LogP contribution in [0.15, 0.2) is 30.0 Å². The van der Waals surface area contributed by atoms with Crippen molar-refractivity contribution < 1.29 is 13.2 Å². The molecule has 19 heavy (non-hydrogen) atoms. The molecule has 6 heteroatoms. The lowest BCUT2D eigenvalue weighted by Crippen LogP contribution is -2.21. The van der Waals surface area contributed by atoms with Crippen molar-refractivity contribution in [3.63, 3.8) is 0 Å². The molecule has 0 bridgehead atoms. The molecule has 1 aromatic rings. The Morgan fingerprint density at radius 1 is 1.37 bits per heavy atom. The van der Waals surface area contributed by atoms with Gasteiger partial charge >= 0.3 is 6.18 Å². The minimum atomic E-state index is -4.37. The lowest BCUT2D eigenvalue weighted by molar-refractivity contribution is -0.137. The summed E-state index contributed by atoms with van der Waals surface area (Å²) in [6, 6.07) is 2.34. The van der Waals surface area contributed by atoms with E-state index in [-0.39, 0.29) is 5.82 Å². The zero-order valence-corrected chi connectivity index (χ0v) is 10.4. The van der Waals surface area contributed by atoms with E-state index in [4.69, 9.17) is 0 Å². The predicted octanol–water partition coefficient (Wildman–Crippen LogP) is 2.82. The van der Waals surface area contributed by atoms with Crippen molar-refractivity contribution in [2.24, 2.45) is 0 Å². The van der Waals surface area contributed by atoms with Crippen molar-refractivity contribution in [3.05, 3.63) is 35.5 Å². The average molecular weight is 271 g/mol. The van der Waals surface area contributed by atoms with Gasteiger partial charge in [0.2, 0.25) is 0 Å². The molecule has 3 nitrogen and oxygen atoms in total. The summed E-state index contributed by atoms with van der Waals surface area (Å²) in [7, 11) is 0. The molecule has 1 aromatic heterocycles. The number of nitrogens with one attached hydrogen (secondary N) is 2. The molecule has 0 fully saturated rings. The van der Waals surface area contributed by atoms with Gasteiger partial charge < -0.3 is 10.6 Å². The summed E-state index contributed by atoms with van der Waals surface area (Å²) in [5, 5.41) is 5.97. The number of anilines is 1. The summed E-state index contributed by atoms with van der Waals surface area (Å²) in [5.74, 6) is -0.0930. The first-order chi connectivity index (χ1) is 9.07. The molecule has 0 spiro atoms. The van der Waals surface area contributed by atoms with Gasteiger partial charge in [-0.05, 0) is 31.5 Å². The first-order valence-electron chi connectivity index (χ1n) is 6.22. The van der Waals surface area contributed by atoms with Crippen LogP contribution in [-0.4, -0.2) is 24.6 Å². The Labute approximate surface area is 109 Å². The number of pyridine rings is 1. The molecule has 2 rings (SSSR count). The number of halogens is 3. The van der Waals surface area contributed by atoms with E-state index in [1.54, 1.807) is 0 Å². The highest BCUT2D eigenvalue weighted by Crippen LogP contribution is 2.33. The van der Waals surface area contributed by atoms with Gasteiger partial charge in [0.1, 0.15) is 5.82 Å². The van der Waals surface area contributed by atoms with E-state index in [0.717, 1.165) is 32.0 Å². The van der Waals surface area contributed by atoms with Crippen LogP contribution in [0.25, 0.3) is 0 Å². The van der Waals surface area contributed by atoms with Gasteiger partial charge in [-0.2, -0.15) is 13.2 Å². The molecule has 104 valence electrons. The third kappa shape index (κ3) is 3.96.